The van der Waals surface area contributed by atoms with Crippen LogP contribution in [0, 0.1) is 0 Å². The molecule has 1 N–H and O–H groups in total. The van der Waals surface area contributed by atoms with E-state index in [2.05, 4.69) is 15.2 Å². The van der Waals surface area contributed by atoms with Crippen molar-refractivity contribution in [1.82, 2.24) is 15.2 Å². The summed E-state index contributed by atoms with van der Waals surface area (Å²) in [6.07, 6.45) is 3.79. The molecule has 1 unspecified atom stereocenters. The third kappa shape index (κ3) is 2.81. The monoisotopic (exact) mass is 268 g/mol. The van der Waals surface area contributed by atoms with E-state index in [0.29, 0.717) is 0 Å². The van der Waals surface area contributed by atoms with Crippen molar-refractivity contribution in [1.29, 1.82) is 0 Å². The van der Waals surface area contributed by atoms with Crippen LogP contribution in [0.15, 0.2) is 11.6 Å². The summed E-state index contributed by atoms with van der Waals surface area (Å²) >= 11 is 1.60. The molecule has 0 radical (unpaired) electrons. The lowest BCUT2D eigenvalue weighted by molar-refractivity contribution is -0.131. The number of rotatable bonds is 5. The fourth-order valence-electron chi connectivity index (χ4n) is 2.25. The van der Waals surface area contributed by atoms with Crippen LogP contribution in [0.5, 0.6) is 0 Å². The van der Waals surface area contributed by atoms with E-state index in [4.69, 9.17) is 0 Å². The number of thiazole rings is 1. The largest absolute Gasteiger partial charge is 0.343 e. The van der Waals surface area contributed by atoms with Gasteiger partial charge in [-0.05, 0) is 19.9 Å². The highest BCUT2D eigenvalue weighted by molar-refractivity contribution is 7.13. The van der Waals surface area contributed by atoms with E-state index >= 15 is 0 Å². The first-order chi connectivity index (χ1) is 8.74. The Balaban J connectivity index is 2.00. The van der Waals surface area contributed by atoms with Crippen LogP contribution in [-0.4, -0.2) is 55.6 Å². The Bertz CT molecular complexity index is 381. The summed E-state index contributed by atoms with van der Waals surface area (Å²) in [5, 5.41) is 5.99. The second-order valence-corrected chi connectivity index (χ2v) is 5.40. The number of carbonyl (C=O) groups is 1. The van der Waals surface area contributed by atoms with Crippen molar-refractivity contribution in [2.75, 3.05) is 38.6 Å². The van der Waals surface area contributed by atoms with Crippen LogP contribution >= 0.6 is 11.3 Å². The third-order valence-corrected chi connectivity index (χ3v) is 4.08. The molecular formula is C12H20N4OS. The van der Waals surface area contributed by atoms with Crippen LogP contribution in [0.1, 0.15) is 12.8 Å². The zero-order valence-corrected chi connectivity index (χ0v) is 11.7. The molecule has 0 bridgehead atoms. The minimum atomic E-state index is -0.0296. The van der Waals surface area contributed by atoms with E-state index in [1.807, 2.05) is 24.4 Å². The highest BCUT2D eigenvalue weighted by atomic mass is 32.1. The molecule has 100 valence electrons. The number of amides is 1. The SMILES string of the molecule is CNCCN(C)C(=O)C1CCCN1c1nccs1. The van der Waals surface area contributed by atoms with Crippen LogP contribution in [0.25, 0.3) is 0 Å². The van der Waals surface area contributed by atoms with Gasteiger partial charge in [0.25, 0.3) is 0 Å². The third-order valence-electron chi connectivity index (χ3n) is 3.28. The summed E-state index contributed by atoms with van der Waals surface area (Å²) in [6.45, 7) is 2.51. The van der Waals surface area contributed by atoms with Crippen molar-refractivity contribution in [3.05, 3.63) is 11.6 Å². The number of carbonyl (C=O) groups excluding carboxylic acids is 1. The van der Waals surface area contributed by atoms with E-state index in [0.717, 1.165) is 37.6 Å². The summed E-state index contributed by atoms with van der Waals surface area (Å²) in [5.74, 6) is 0.206. The molecule has 5 nitrogen and oxygen atoms in total. The maximum Gasteiger partial charge on any atom is 0.245 e. The number of likely N-dealkylation sites (N-methyl/N-ethyl adjacent to an activating group) is 2. The van der Waals surface area contributed by atoms with Gasteiger partial charge in [-0.1, -0.05) is 0 Å². The van der Waals surface area contributed by atoms with Crippen LogP contribution in [0.3, 0.4) is 0 Å². The maximum absolute atomic E-state index is 12.4. The Morgan fingerprint density at radius 2 is 2.56 bits per heavy atom. The lowest BCUT2D eigenvalue weighted by Crippen LogP contribution is -2.45. The minimum Gasteiger partial charge on any atom is -0.343 e. The number of anilines is 1. The Kier molecular flexibility index (Phi) is 4.54. The first-order valence-corrected chi connectivity index (χ1v) is 7.17. The quantitative estimate of drug-likeness (QED) is 0.858. The second-order valence-electron chi connectivity index (χ2n) is 4.53. The molecule has 1 aliphatic heterocycles. The smallest absolute Gasteiger partial charge is 0.245 e. The molecule has 1 aliphatic rings. The van der Waals surface area contributed by atoms with E-state index in [9.17, 15) is 4.79 Å². The average molecular weight is 268 g/mol. The van der Waals surface area contributed by atoms with Crippen molar-refractivity contribution < 1.29 is 4.79 Å². The Hall–Kier alpha value is -1.14. The normalized spacial score (nSPS) is 19.2. The molecule has 1 aromatic heterocycles. The lowest BCUT2D eigenvalue weighted by atomic mass is 10.2. The minimum absolute atomic E-state index is 0.0296. The fourth-order valence-corrected chi connectivity index (χ4v) is 2.97. The molecule has 0 aliphatic carbocycles. The predicted octanol–water partition coefficient (Wildman–Crippen LogP) is 0.790. The van der Waals surface area contributed by atoms with Gasteiger partial charge in [0.05, 0.1) is 0 Å². The van der Waals surface area contributed by atoms with Crippen molar-refractivity contribution in [3.63, 3.8) is 0 Å². The Labute approximate surface area is 112 Å². The summed E-state index contributed by atoms with van der Waals surface area (Å²) in [7, 11) is 3.77. The molecule has 18 heavy (non-hydrogen) atoms. The molecule has 0 saturated carbocycles. The highest BCUT2D eigenvalue weighted by Gasteiger charge is 2.33. The van der Waals surface area contributed by atoms with Crippen molar-refractivity contribution in [2.45, 2.75) is 18.9 Å². The molecule has 2 heterocycles. The summed E-state index contributed by atoms with van der Waals surface area (Å²) in [4.78, 5) is 20.7. The number of nitrogens with one attached hydrogen (secondary N) is 1. The molecule has 1 aromatic rings. The molecule has 1 atom stereocenters. The number of aromatic nitrogens is 1. The summed E-state index contributed by atoms with van der Waals surface area (Å²) < 4.78 is 0. The van der Waals surface area contributed by atoms with E-state index in [-0.39, 0.29) is 11.9 Å². The molecule has 1 saturated heterocycles. The van der Waals surface area contributed by atoms with E-state index in [1.54, 1.807) is 17.5 Å². The first kappa shape index (κ1) is 13.3. The Morgan fingerprint density at radius 3 is 3.22 bits per heavy atom. The van der Waals surface area contributed by atoms with Gasteiger partial charge in [0, 0.05) is 38.3 Å². The topological polar surface area (TPSA) is 48.5 Å². The molecule has 1 amide bonds. The fraction of sp³-hybridized carbons (Fsp3) is 0.667. The van der Waals surface area contributed by atoms with Gasteiger partial charge in [-0.15, -0.1) is 11.3 Å². The predicted molar refractivity (Wildman–Crippen MR) is 74.0 cm³/mol. The molecule has 0 spiro atoms. The van der Waals surface area contributed by atoms with Gasteiger partial charge in [0.2, 0.25) is 5.91 Å². The number of hydrogen-bond donors (Lipinski definition) is 1. The lowest BCUT2D eigenvalue weighted by Gasteiger charge is -2.27. The molecule has 1 fully saturated rings. The van der Waals surface area contributed by atoms with Crippen LogP contribution in [0.2, 0.25) is 0 Å². The molecule has 0 aromatic carbocycles. The summed E-state index contributed by atoms with van der Waals surface area (Å²) in [5.41, 5.74) is 0. The zero-order chi connectivity index (χ0) is 13.0. The second kappa shape index (κ2) is 6.15. The van der Waals surface area contributed by atoms with Gasteiger partial charge in [0.15, 0.2) is 5.13 Å². The Morgan fingerprint density at radius 1 is 1.72 bits per heavy atom. The van der Waals surface area contributed by atoms with Gasteiger partial charge >= 0.3 is 0 Å². The molecule has 2 rings (SSSR count). The van der Waals surface area contributed by atoms with Gasteiger partial charge in [-0.25, -0.2) is 4.98 Å². The van der Waals surface area contributed by atoms with Crippen molar-refractivity contribution in [3.8, 4) is 0 Å². The van der Waals surface area contributed by atoms with Gasteiger partial charge in [0.1, 0.15) is 6.04 Å². The van der Waals surface area contributed by atoms with Crippen LogP contribution in [-0.2, 0) is 4.79 Å². The maximum atomic E-state index is 12.4. The average Bonchev–Trinajstić information content (AvgIpc) is 3.03. The number of nitrogens with zero attached hydrogens (tertiary/aromatic N) is 3. The number of hydrogen-bond acceptors (Lipinski definition) is 5. The first-order valence-electron chi connectivity index (χ1n) is 6.29. The van der Waals surface area contributed by atoms with Crippen LogP contribution < -0.4 is 10.2 Å². The highest BCUT2D eigenvalue weighted by Crippen LogP contribution is 2.27. The van der Waals surface area contributed by atoms with Crippen LogP contribution in [0.4, 0.5) is 5.13 Å². The van der Waals surface area contributed by atoms with E-state index < -0.39 is 0 Å². The summed E-state index contributed by atoms with van der Waals surface area (Å²) in [6, 6.07) is -0.0296. The molecular weight excluding hydrogens is 248 g/mol. The van der Waals surface area contributed by atoms with Crippen molar-refractivity contribution in [2.24, 2.45) is 0 Å². The van der Waals surface area contributed by atoms with Gasteiger partial charge < -0.3 is 15.1 Å². The van der Waals surface area contributed by atoms with Crippen molar-refractivity contribution >= 4 is 22.4 Å². The van der Waals surface area contributed by atoms with Gasteiger partial charge in [-0.2, -0.15) is 0 Å². The van der Waals surface area contributed by atoms with Gasteiger partial charge in [-0.3, -0.25) is 4.79 Å². The van der Waals surface area contributed by atoms with E-state index in [1.165, 1.54) is 0 Å². The standard InChI is InChI=1S/C12H20N4OS/c1-13-5-8-15(2)11(17)10-4-3-7-16(10)12-14-6-9-18-12/h6,9-10,13H,3-5,7-8H2,1-2H3. The zero-order valence-electron chi connectivity index (χ0n) is 10.9. The molecule has 6 heteroatoms.